The van der Waals surface area contributed by atoms with E-state index in [1.54, 1.807) is 114 Å². The number of phenols is 2. The molecular formula is C80H80O21. The van der Waals surface area contributed by atoms with Gasteiger partial charge in [0.05, 0.1) is 116 Å². The molecule has 2 heterocycles. The molecule has 0 fully saturated rings. The number of ketones is 2. The van der Waals surface area contributed by atoms with Crippen LogP contribution in [0.1, 0.15) is 85.8 Å². The lowest BCUT2D eigenvalue weighted by Crippen LogP contribution is -2.21. The monoisotopic (exact) mass is 1380 g/mol. The highest BCUT2D eigenvalue weighted by atomic mass is 16.6. The van der Waals surface area contributed by atoms with Crippen LogP contribution < -0.4 is 71.1 Å². The summed E-state index contributed by atoms with van der Waals surface area (Å²) in [5.74, 6) is 8.70. The predicted molar refractivity (Wildman–Crippen MR) is 384 cm³/mol. The first-order valence-corrected chi connectivity index (χ1v) is 31.6. The van der Waals surface area contributed by atoms with Crippen LogP contribution in [0.15, 0.2) is 164 Å². The van der Waals surface area contributed by atoms with Gasteiger partial charge in [-0.1, -0.05) is 97.1 Å². The molecule has 2 aliphatic rings. The Morgan fingerprint density at radius 1 is 0.406 bits per heavy atom. The SMILES string of the molecule is COc1cc(C(C)=O)c(O)c2ccccc12.COc1cc(C2CC(=O)c3cc(OC)c4ccccc4c3O2)cc(OC)c1OC.COc1cc(C=O)cc(OC)c1OC.COc1cc([C@@H]2CC(O)c3cc(OC)c4ccccc4c3O2)cc(OC)c1OC.COc1ccc(O)c2ccccc12. The maximum absolute atomic E-state index is 13.0. The highest BCUT2D eigenvalue weighted by Gasteiger charge is 2.34. The normalized spacial score (nSPS) is 13.9. The van der Waals surface area contributed by atoms with E-state index in [-0.39, 0.29) is 41.2 Å². The summed E-state index contributed by atoms with van der Waals surface area (Å²) in [5, 5.41) is 37.2. The van der Waals surface area contributed by atoms with E-state index >= 15 is 0 Å². The molecule has 3 N–H and O–H groups in total. The van der Waals surface area contributed by atoms with Gasteiger partial charge in [0.1, 0.15) is 64.5 Å². The van der Waals surface area contributed by atoms with Gasteiger partial charge in [0.2, 0.25) is 17.2 Å². The molecule has 0 radical (unpaired) electrons. The smallest absolute Gasteiger partial charge is 0.203 e. The van der Waals surface area contributed by atoms with Crippen LogP contribution in [0.4, 0.5) is 0 Å². The topological polar surface area (TPSA) is 250 Å². The summed E-state index contributed by atoms with van der Waals surface area (Å²) < 4.78 is 82.0. The minimum Gasteiger partial charge on any atom is -0.507 e. The average Bonchev–Trinajstić information content (AvgIpc) is 0.760. The molecule has 11 aromatic rings. The zero-order valence-corrected chi connectivity index (χ0v) is 58.5. The molecule has 21 heteroatoms. The Kier molecular flexibility index (Phi) is 24.3. The number of hydrogen-bond donors (Lipinski definition) is 3. The van der Waals surface area contributed by atoms with Gasteiger partial charge < -0.3 is 86.4 Å². The van der Waals surface area contributed by atoms with Crippen molar-refractivity contribution in [2.24, 2.45) is 0 Å². The third-order valence-corrected chi connectivity index (χ3v) is 17.0. The van der Waals surface area contributed by atoms with Crippen molar-refractivity contribution in [3.05, 3.63) is 197 Å². The van der Waals surface area contributed by atoms with Crippen LogP contribution in [-0.2, 0) is 0 Å². The number of methoxy groups -OCH3 is 13. The third kappa shape index (κ3) is 15.5. The van der Waals surface area contributed by atoms with Crippen LogP contribution in [0, 0.1) is 0 Å². The molecule has 0 saturated carbocycles. The van der Waals surface area contributed by atoms with Crippen molar-refractivity contribution in [2.75, 3.05) is 92.4 Å². The Morgan fingerprint density at radius 2 is 0.772 bits per heavy atom. The molecule has 0 spiro atoms. The van der Waals surface area contributed by atoms with Crippen molar-refractivity contribution in [3.8, 4) is 97.7 Å². The summed E-state index contributed by atoms with van der Waals surface area (Å²) >= 11 is 0. The van der Waals surface area contributed by atoms with Gasteiger partial charge in [-0.2, -0.15) is 0 Å². The summed E-state index contributed by atoms with van der Waals surface area (Å²) in [4.78, 5) is 34.9. The molecule has 526 valence electrons. The lowest BCUT2D eigenvalue weighted by atomic mass is 9.92. The number of carbonyl (C=O) groups is 3. The number of hydrogen-bond acceptors (Lipinski definition) is 21. The predicted octanol–water partition coefficient (Wildman–Crippen LogP) is 15.8. The molecular weight excluding hydrogens is 1300 g/mol. The Labute approximate surface area is 584 Å². The first-order valence-electron chi connectivity index (χ1n) is 31.6. The summed E-state index contributed by atoms with van der Waals surface area (Å²) in [5.41, 5.74) is 3.64. The highest BCUT2D eigenvalue weighted by Crippen LogP contribution is 2.51. The van der Waals surface area contributed by atoms with Crippen LogP contribution in [0.3, 0.4) is 0 Å². The quantitative estimate of drug-likeness (QED) is 0.0566. The van der Waals surface area contributed by atoms with Crippen LogP contribution in [0.2, 0.25) is 0 Å². The van der Waals surface area contributed by atoms with Gasteiger partial charge in [-0.25, -0.2) is 0 Å². The molecule has 0 aromatic heterocycles. The lowest BCUT2D eigenvalue weighted by molar-refractivity contribution is 0.0666. The Morgan fingerprint density at radius 3 is 1.21 bits per heavy atom. The summed E-state index contributed by atoms with van der Waals surface area (Å²) in [6, 6.07) is 49.6. The van der Waals surface area contributed by atoms with Gasteiger partial charge in [0.15, 0.2) is 46.1 Å². The van der Waals surface area contributed by atoms with E-state index in [1.165, 1.54) is 28.3 Å². The minimum absolute atomic E-state index is 0.00550. The summed E-state index contributed by atoms with van der Waals surface area (Å²) in [6.45, 7) is 1.42. The van der Waals surface area contributed by atoms with Crippen LogP contribution in [0.25, 0.3) is 43.1 Å². The number of Topliss-reactive ketones (excluding diaryl/α,β-unsaturated/α-hetero) is 2. The molecule has 11 aromatic carbocycles. The minimum atomic E-state index is -0.693. The van der Waals surface area contributed by atoms with Crippen molar-refractivity contribution in [3.63, 3.8) is 0 Å². The molecule has 13 rings (SSSR count). The zero-order chi connectivity index (χ0) is 72.6. The molecule has 0 bridgehead atoms. The van der Waals surface area contributed by atoms with Gasteiger partial charge in [-0.3, -0.25) is 14.4 Å². The molecule has 21 nitrogen and oxygen atoms in total. The first kappa shape index (κ1) is 73.3. The Bertz CT molecular complexity index is 4720. The lowest BCUT2D eigenvalue weighted by Gasteiger charge is -2.32. The van der Waals surface area contributed by atoms with Gasteiger partial charge >= 0.3 is 0 Å². The standard InChI is InChI=1S/C23H24O6.C23H22O6.C13H12O3.C11H10O2.C10H12O4/c2*1-25-19-11-16-17(24)12-18(29-22(16)15-8-6-5-7-14(15)19)13-9-20(26-2)23(28-4)21(10-13)27-3;1-8(14)11-7-12(16-2)9-5-3-4-6-10(9)13(11)15;1-13-11-7-6-10(12)8-4-2-3-5-9(8)11;1-12-8-4-7(6-11)5-9(13-2)10(8)14-3/h5-11,17-18,24H,12H2,1-4H3;5-11,18H,12H2,1-4H3;3-7,15H,1-2H3;2-7,12H,1H3;4-6H,1-3H3/t17?,18-;;;;/m0..../s1. The Hall–Kier alpha value is -12.0. The van der Waals surface area contributed by atoms with Crippen LogP contribution in [-0.4, -0.2) is 126 Å². The van der Waals surface area contributed by atoms with Gasteiger partial charge in [0.25, 0.3) is 0 Å². The van der Waals surface area contributed by atoms with E-state index in [0.29, 0.717) is 103 Å². The van der Waals surface area contributed by atoms with Crippen LogP contribution in [0.5, 0.6) is 97.7 Å². The Balaban J connectivity index is 0.000000154. The van der Waals surface area contributed by atoms with Crippen molar-refractivity contribution < 1.29 is 101 Å². The fourth-order valence-corrected chi connectivity index (χ4v) is 12.0. The van der Waals surface area contributed by atoms with E-state index in [4.69, 9.17) is 71.1 Å². The maximum Gasteiger partial charge on any atom is 0.203 e. The fraction of sp³-hybridized carbons (Fsp3) is 0.237. The van der Waals surface area contributed by atoms with E-state index in [1.807, 2.05) is 121 Å². The summed E-state index contributed by atoms with van der Waals surface area (Å²) in [7, 11) is 20.3. The highest BCUT2D eigenvalue weighted by molar-refractivity contribution is 6.08. The molecule has 0 saturated heterocycles. The average molecular weight is 1380 g/mol. The number of fused-ring (bicyclic) bond motifs is 8. The van der Waals surface area contributed by atoms with Crippen molar-refractivity contribution >= 4 is 60.9 Å². The number of benzene rings is 11. The second-order valence-electron chi connectivity index (χ2n) is 22.5. The van der Waals surface area contributed by atoms with Gasteiger partial charge in [-0.05, 0) is 73.7 Å². The molecule has 0 aliphatic carbocycles. The van der Waals surface area contributed by atoms with E-state index in [2.05, 4.69) is 0 Å². The zero-order valence-electron chi connectivity index (χ0n) is 58.5. The number of phenolic OH excluding ortho intramolecular Hbond substituents is 2. The number of ether oxygens (including phenoxy) is 15. The number of aliphatic hydroxyl groups is 1. The third-order valence-electron chi connectivity index (χ3n) is 17.0. The van der Waals surface area contributed by atoms with Crippen molar-refractivity contribution in [2.45, 2.75) is 38.1 Å². The number of aldehydes is 1. The van der Waals surface area contributed by atoms with E-state index in [0.717, 1.165) is 66.4 Å². The molecule has 3 atom stereocenters. The number of aromatic hydroxyl groups is 2. The van der Waals surface area contributed by atoms with E-state index < -0.39 is 12.2 Å². The van der Waals surface area contributed by atoms with Crippen LogP contribution >= 0.6 is 0 Å². The maximum atomic E-state index is 13.0. The molecule has 2 unspecified atom stereocenters. The van der Waals surface area contributed by atoms with Crippen molar-refractivity contribution in [1.29, 1.82) is 0 Å². The summed E-state index contributed by atoms with van der Waals surface area (Å²) in [6.07, 6.45) is -0.213. The molecule has 2 aliphatic heterocycles. The number of aliphatic hydroxyl groups excluding tert-OH is 1. The first-order chi connectivity index (χ1) is 48.9. The molecule has 0 amide bonds. The van der Waals surface area contributed by atoms with Crippen molar-refractivity contribution in [1.82, 2.24) is 0 Å². The molecule has 101 heavy (non-hydrogen) atoms. The second kappa shape index (κ2) is 33.5. The number of rotatable bonds is 17. The fourth-order valence-electron chi connectivity index (χ4n) is 12.0. The van der Waals surface area contributed by atoms with Gasteiger partial charge in [0, 0.05) is 71.8 Å². The second-order valence-corrected chi connectivity index (χ2v) is 22.5. The number of carbonyl (C=O) groups excluding carboxylic acids is 3. The van der Waals surface area contributed by atoms with Gasteiger partial charge in [-0.15, -0.1) is 0 Å². The van der Waals surface area contributed by atoms with E-state index in [9.17, 15) is 29.7 Å². The largest absolute Gasteiger partial charge is 0.507 e.